The van der Waals surface area contributed by atoms with Crippen molar-refractivity contribution in [1.29, 1.82) is 0 Å². The lowest BCUT2D eigenvalue weighted by atomic mass is 9.81. The first-order valence-corrected chi connectivity index (χ1v) is 20.0. The van der Waals surface area contributed by atoms with E-state index in [1.54, 1.807) is 12.1 Å². The molecule has 1 heterocycles. The van der Waals surface area contributed by atoms with Crippen LogP contribution >= 0.6 is 0 Å². The molecule has 4 rings (SSSR count). The fourth-order valence-corrected chi connectivity index (χ4v) is 7.92. The summed E-state index contributed by atoms with van der Waals surface area (Å²) in [7, 11) is 0. The number of unbranched alkanes of at least 4 members (excludes halogenated alkanes) is 1. The summed E-state index contributed by atoms with van der Waals surface area (Å²) < 4.78 is 0. The Hall–Kier alpha value is -4.89. The molecule has 304 valence electrons. The van der Waals surface area contributed by atoms with Gasteiger partial charge in [0.05, 0.1) is 6.54 Å². The van der Waals surface area contributed by atoms with Gasteiger partial charge in [-0.05, 0) is 87.3 Å². The van der Waals surface area contributed by atoms with Crippen LogP contribution in [-0.4, -0.2) is 95.2 Å². The maximum absolute atomic E-state index is 14.2. The number of nitrogens with zero attached hydrogens (tertiary/aromatic N) is 1. The third kappa shape index (κ3) is 13.7. The molecule has 1 aromatic rings. The number of guanidine groups is 1. The van der Waals surface area contributed by atoms with Gasteiger partial charge in [-0.1, -0.05) is 44.2 Å². The van der Waals surface area contributed by atoms with Crippen molar-refractivity contribution in [2.75, 3.05) is 19.6 Å². The molecule has 0 aromatic heterocycles. The highest BCUT2D eigenvalue weighted by Gasteiger charge is 2.43. The number of amides is 6. The molecule has 16 nitrogen and oxygen atoms in total. The number of nitrogens with one attached hydrogen (secondary N) is 5. The van der Waals surface area contributed by atoms with Gasteiger partial charge in [0.2, 0.25) is 35.4 Å². The molecule has 55 heavy (non-hydrogen) atoms. The Kier molecular flexibility index (Phi) is 16.6. The first-order valence-electron chi connectivity index (χ1n) is 20.0. The molecule has 2 aliphatic carbocycles. The summed E-state index contributed by atoms with van der Waals surface area (Å²) >= 11 is 0. The van der Waals surface area contributed by atoms with E-state index in [-0.39, 0.29) is 54.1 Å². The topological polar surface area (TPSA) is 266 Å². The Morgan fingerprint density at radius 3 is 2.07 bits per heavy atom. The van der Waals surface area contributed by atoms with E-state index >= 15 is 0 Å². The van der Waals surface area contributed by atoms with Crippen LogP contribution in [0.5, 0.6) is 5.75 Å². The van der Waals surface area contributed by atoms with Crippen LogP contribution in [0.1, 0.15) is 102 Å². The van der Waals surface area contributed by atoms with Crippen LogP contribution in [0.4, 0.5) is 0 Å². The Balaban J connectivity index is 1.43. The third-order valence-corrected chi connectivity index (χ3v) is 11.3. The van der Waals surface area contributed by atoms with Gasteiger partial charge < -0.3 is 37.0 Å². The van der Waals surface area contributed by atoms with E-state index in [4.69, 9.17) is 17.2 Å². The predicted octanol–water partition coefficient (Wildman–Crippen LogP) is -1.09. The largest absolute Gasteiger partial charge is 0.508 e. The average Bonchev–Trinajstić information content (AvgIpc) is 3.13. The van der Waals surface area contributed by atoms with Gasteiger partial charge in [0.1, 0.15) is 29.9 Å². The molecule has 1 saturated heterocycles. The monoisotopic (exact) mass is 768 g/mol. The van der Waals surface area contributed by atoms with Crippen LogP contribution < -0.4 is 43.5 Å². The number of phenolic OH excluding ortho intramolecular Hbond substituents is 1. The van der Waals surface area contributed by atoms with E-state index in [0.29, 0.717) is 69.6 Å². The molecular formula is C39H62N9O7+. The third-order valence-electron chi connectivity index (χ3n) is 11.3. The number of rotatable bonds is 19. The minimum Gasteiger partial charge on any atom is -0.508 e. The van der Waals surface area contributed by atoms with E-state index in [1.165, 1.54) is 24.0 Å². The number of nitrogens with two attached hydrogens (primary N) is 3. The summed E-state index contributed by atoms with van der Waals surface area (Å²) in [6, 6.07) is 2.48. The second kappa shape index (κ2) is 21.3. The molecule has 4 unspecified atom stereocenters. The normalized spacial score (nSPS) is 21.5. The van der Waals surface area contributed by atoms with Crippen LogP contribution in [-0.2, 0) is 35.2 Å². The SMILES string of the molecule is CC(=O)NCC1CCC(C(=O)NC(CC2CCCCC2)C(=O)N2CCC2C(=O)NC(Cc2ccc(O)cc2)C(=O)NC(CCCC[NH+]=C(N)N)C(N)=O)CC1. The smallest absolute Gasteiger partial charge is 0.338 e. The Morgan fingerprint density at radius 1 is 0.800 bits per heavy atom. The maximum atomic E-state index is 14.2. The van der Waals surface area contributed by atoms with Crippen molar-refractivity contribution in [3.05, 3.63) is 29.8 Å². The summed E-state index contributed by atoms with van der Waals surface area (Å²) in [5.41, 5.74) is 17.1. The van der Waals surface area contributed by atoms with Crippen LogP contribution in [0.2, 0.25) is 0 Å². The van der Waals surface area contributed by atoms with Gasteiger partial charge >= 0.3 is 5.96 Å². The van der Waals surface area contributed by atoms with Gasteiger partial charge in [0, 0.05) is 32.4 Å². The number of carbonyl (C=O) groups excluding carboxylic acids is 6. The van der Waals surface area contributed by atoms with E-state index in [0.717, 1.165) is 44.9 Å². The van der Waals surface area contributed by atoms with Crippen molar-refractivity contribution in [2.24, 2.45) is 35.0 Å². The quantitative estimate of drug-likeness (QED) is 0.0470. The summed E-state index contributed by atoms with van der Waals surface area (Å²) in [4.78, 5) is 83.3. The summed E-state index contributed by atoms with van der Waals surface area (Å²) in [6.07, 6.45) is 10.6. The van der Waals surface area contributed by atoms with Gasteiger partial charge in [-0.3, -0.25) is 45.2 Å². The lowest BCUT2D eigenvalue weighted by Crippen LogP contribution is -2.78. The van der Waals surface area contributed by atoms with E-state index in [2.05, 4.69) is 26.3 Å². The Labute approximate surface area is 323 Å². The first kappa shape index (κ1) is 42.8. The number of primary amides is 1. The molecule has 0 bridgehead atoms. The van der Waals surface area contributed by atoms with E-state index in [9.17, 15) is 33.9 Å². The summed E-state index contributed by atoms with van der Waals surface area (Å²) in [6.45, 7) is 2.90. The summed E-state index contributed by atoms with van der Waals surface area (Å²) in [5, 5.41) is 21.3. The number of aromatic hydroxyl groups is 1. The number of hydrogen-bond acceptors (Lipinski definition) is 7. The molecule has 1 aromatic carbocycles. The number of phenols is 1. The molecule has 12 N–H and O–H groups in total. The highest BCUT2D eigenvalue weighted by Crippen LogP contribution is 2.31. The molecule has 0 radical (unpaired) electrons. The minimum absolute atomic E-state index is 0.0409. The van der Waals surface area contributed by atoms with Crippen molar-refractivity contribution < 1.29 is 38.9 Å². The second-order valence-corrected chi connectivity index (χ2v) is 15.6. The lowest BCUT2D eigenvalue weighted by Gasteiger charge is -2.43. The van der Waals surface area contributed by atoms with Gasteiger partial charge in [-0.15, -0.1) is 0 Å². The van der Waals surface area contributed by atoms with Gasteiger partial charge in [-0.25, -0.2) is 0 Å². The fraction of sp³-hybridized carbons (Fsp3) is 0.667. The van der Waals surface area contributed by atoms with Crippen LogP contribution in [0, 0.1) is 17.8 Å². The number of hydrogen-bond donors (Lipinski definition) is 9. The molecule has 16 heteroatoms. The molecule has 1 aliphatic heterocycles. The number of carbonyl (C=O) groups is 6. The molecule has 3 aliphatic rings. The second-order valence-electron chi connectivity index (χ2n) is 15.6. The summed E-state index contributed by atoms with van der Waals surface area (Å²) in [5.74, 6) is -1.88. The fourth-order valence-electron chi connectivity index (χ4n) is 7.92. The zero-order valence-corrected chi connectivity index (χ0v) is 32.2. The van der Waals surface area contributed by atoms with Gasteiger partial charge in [0.25, 0.3) is 0 Å². The highest BCUT2D eigenvalue weighted by atomic mass is 16.3. The lowest BCUT2D eigenvalue weighted by molar-refractivity contribution is -0.459. The molecule has 4 atom stereocenters. The van der Waals surface area contributed by atoms with Crippen molar-refractivity contribution in [3.8, 4) is 5.75 Å². The van der Waals surface area contributed by atoms with Crippen molar-refractivity contribution in [3.63, 3.8) is 0 Å². The van der Waals surface area contributed by atoms with Crippen molar-refractivity contribution >= 4 is 41.4 Å². The van der Waals surface area contributed by atoms with Crippen LogP contribution in [0.25, 0.3) is 0 Å². The van der Waals surface area contributed by atoms with Gasteiger partial charge in [0.15, 0.2) is 0 Å². The highest BCUT2D eigenvalue weighted by molar-refractivity contribution is 5.96. The number of likely N-dealkylation sites (tertiary alicyclic amines) is 1. The zero-order chi connectivity index (χ0) is 39.9. The maximum Gasteiger partial charge on any atom is 0.338 e. The molecule has 2 saturated carbocycles. The van der Waals surface area contributed by atoms with Crippen molar-refractivity contribution in [2.45, 2.75) is 127 Å². The molecule has 0 spiro atoms. The van der Waals surface area contributed by atoms with E-state index < -0.39 is 41.9 Å². The predicted molar refractivity (Wildman–Crippen MR) is 205 cm³/mol. The van der Waals surface area contributed by atoms with E-state index in [1.807, 2.05) is 0 Å². The van der Waals surface area contributed by atoms with Crippen LogP contribution in [0.3, 0.4) is 0 Å². The zero-order valence-electron chi connectivity index (χ0n) is 32.2. The Morgan fingerprint density at radius 2 is 1.47 bits per heavy atom. The Bertz CT molecular complexity index is 1500. The minimum atomic E-state index is -1.12. The van der Waals surface area contributed by atoms with Crippen molar-refractivity contribution in [1.82, 2.24) is 26.2 Å². The van der Waals surface area contributed by atoms with Crippen LogP contribution in [0.15, 0.2) is 24.3 Å². The van der Waals surface area contributed by atoms with Gasteiger partial charge in [-0.2, -0.15) is 0 Å². The molecule has 3 fully saturated rings. The molecular weight excluding hydrogens is 706 g/mol. The number of benzene rings is 1. The average molecular weight is 769 g/mol. The molecule has 6 amide bonds. The standard InChI is InChI=1S/C39H61N9O7/c1-24(49)44-23-27-10-14-28(15-11-27)35(52)47-32(22-25-7-3-2-4-8-25)38(55)48-20-18-33(48)37(54)46-31(21-26-12-16-29(50)17-13-26)36(53)45-30(34(40)51)9-5-6-19-43-39(41)42/h12-13,16-17,25,27-28,30-33,50H,2-11,14-15,18-23H2,1H3,(H2,40,51)(H,44,49)(H,45,53)(H,46,54)(H,47,52)(H4,41,42,43)/p+1. The first-order chi connectivity index (χ1) is 26.3.